The number of benzene rings is 2. The molecule has 2 aliphatic heterocycles. The lowest BCUT2D eigenvalue weighted by atomic mass is 9.85. The Balaban J connectivity index is 1.99. The van der Waals surface area contributed by atoms with Gasteiger partial charge in [-0.05, 0) is 18.2 Å². The third-order valence-corrected chi connectivity index (χ3v) is 4.46. The highest BCUT2D eigenvalue weighted by Crippen LogP contribution is 2.52. The molecule has 0 saturated carbocycles. The molecule has 0 bridgehead atoms. The maximum atomic E-state index is 14.6. The summed E-state index contributed by atoms with van der Waals surface area (Å²) in [4.78, 5) is 23.0. The number of fused-ring (bicyclic) bond motifs is 3. The summed E-state index contributed by atoms with van der Waals surface area (Å²) in [6.45, 7) is 0. The van der Waals surface area contributed by atoms with Crippen LogP contribution in [0.4, 0.5) is 23.2 Å². The van der Waals surface area contributed by atoms with E-state index in [0.717, 1.165) is 24.3 Å². The number of hydrogen-bond donors (Lipinski definition) is 0. The minimum absolute atomic E-state index is 0.176. The van der Waals surface area contributed by atoms with Crippen LogP contribution in [0.3, 0.4) is 0 Å². The predicted octanol–water partition coefficient (Wildman–Crippen LogP) is 4.24. The number of ether oxygens (including phenoxy) is 2. The van der Waals surface area contributed by atoms with Crippen LogP contribution in [0.5, 0.6) is 11.5 Å². The Morgan fingerprint density at radius 1 is 1.07 bits per heavy atom. The van der Waals surface area contributed by atoms with E-state index < -0.39 is 51.4 Å². The van der Waals surface area contributed by atoms with Gasteiger partial charge in [-0.3, -0.25) is 14.9 Å². The van der Waals surface area contributed by atoms with Crippen LogP contribution in [0, 0.1) is 10.1 Å². The molecule has 0 fully saturated rings. The van der Waals surface area contributed by atoms with Crippen LogP contribution < -0.4 is 9.47 Å². The number of alkyl halides is 4. The summed E-state index contributed by atoms with van der Waals surface area (Å²) < 4.78 is 66.1. The quantitative estimate of drug-likeness (QED) is 0.441. The Hall–Kier alpha value is -3.43. The third-order valence-electron chi connectivity index (χ3n) is 4.46. The van der Waals surface area contributed by atoms with Crippen LogP contribution in [0.25, 0.3) is 6.08 Å². The molecular formula is C18H9F4NO5. The van der Waals surface area contributed by atoms with Crippen molar-refractivity contribution in [1.29, 1.82) is 0 Å². The molecule has 28 heavy (non-hydrogen) atoms. The maximum Gasteiger partial charge on any atom is 0.386 e. The van der Waals surface area contributed by atoms with Gasteiger partial charge in [0.15, 0.2) is 0 Å². The first-order valence-corrected chi connectivity index (χ1v) is 7.86. The standard InChI is InChI=1S/C18H9F4NO5/c19-16(20)17(21,22)18-12(7-9-3-1-2-4-13(9)27-18)15(24)11-8-10(23(25)26)5-6-14(11)28-18/h1-8,16H. The molecule has 4 rings (SSSR count). The number of nitrogens with zero attached hydrogens (tertiary/aromatic N) is 1. The largest absolute Gasteiger partial charge is 0.442 e. The number of hydrogen-bond acceptors (Lipinski definition) is 5. The molecule has 0 N–H and O–H groups in total. The average molecular weight is 395 g/mol. The van der Waals surface area contributed by atoms with Crippen molar-refractivity contribution in [2.24, 2.45) is 0 Å². The number of carbonyl (C=O) groups is 1. The van der Waals surface area contributed by atoms with Crippen LogP contribution in [0.1, 0.15) is 15.9 Å². The third kappa shape index (κ3) is 2.30. The Kier molecular flexibility index (Phi) is 3.71. The highest BCUT2D eigenvalue weighted by atomic mass is 19.3. The molecule has 1 atom stereocenters. The van der Waals surface area contributed by atoms with Crippen molar-refractivity contribution < 1.29 is 36.8 Å². The molecule has 2 heterocycles. The Labute approximate surface area is 154 Å². The summed E-state index contributed by atoms with van der Waals surface area (Å²) in [5.41, 5.74) is -1.56. The van der Waals surface area contributed by atoms with Gasteiger partial charge in [-0.1, -0.05) is 18.2 Å². The Bertz CT molecular complexity index is 1050. The molecule has 0 aromatic heterocycles. The molecule has 0 spiro atoms. The number of para-hydroxylation sites is 1. The number of non-ortho nitro benzene ring substituents is 1. The van der Waals surface area contributed by atoms with E-state index in [1.807, 2.05) is 0 Å². The highest BCUT2D eigenvalue weighted by molar-refractivity contribution is 6.16. The SMILES string of the molecule is O=C1C2=Cc3ccccc3OC2(C(F)(F)C(F)F)Oc2ccc([N+](=O)[O-])cc21. The Morgan fingerprint density at radius 2 is 1.75 bits per heavy atom. The fourth-order valence-electron chi connectivity index (χ4n) is 3.10. The van der Waals surface area contributed by atoms with Crippen molar-refractivity contribution in [2.75, 3.05) is 0 Å². The van der Waals surface area contributed by atoms with Gasteiger partial charge in [-0.25, -0.2) is 8.78 Å². The summed E-state index contributed by atoms with van der Waals surface area (Å²) in [6.07, 6.45) is -3.24. The number of ketones is 1. The van der Waals surface area contributed by atoms with Crippen LogP contribution in [0.2, 0.25) is 0 Å². The number of halogens is 4. The second-order valence-corrected chi connectivity index (χ2v) is 6.11. The first-order valence-electron chi connectivity index (χ1n) is 7.86. The molecule has 0 aliphatic carbocycles. The van der Waals surface area contributed by atoms with Crippen LogP contribution >= 0.6 is 0 Å². The summed E-state index contributed by atoms with van der Waals surface area (Å²) in [6, 6.07) is 8.32. The summed E-state index contributed by atoms with van der Waals surface area (Å²) >= 11 is 0. The van der Waals surface area contributed by atoms with Gasteiger partial charge in [0.25, 0.3) is 5.69 Å². The predicted molar refractivity (Wildman–Crippen MR) is 86.8 cm³/mol. The van der Waals surface area contributed by atoms with Crippen LogP contribution in [-0.4, -0.2) is 28.8 Å². The van der Waals surface area contributed by atoms with Crippen molar-refractivity contribution in [1.82, 2.24) is 0 Å². The summed E-state index contributed by atoms with van der Waals surface area (Å²) in [5, 5.41) is 10.9. The molecule has 10 heteroatoms. The number of nitro benzene ring substituents is 1. The first kappa shape index (κ1) is 18.0. The minimum atomic E-state index is -4.90. The van der Waals surface area contributed by atoms with E-state index in [1.165, 1.54) is 24.3 Å². The van der Waals surface area contributed by atoms with E-state index in [1.54, 1.807) is 0 Å². The second-order valence-electron chi connectivity index (χ2n) is 6.11. The molecule has 1 unspecified atom stereocenters. The van der Waals surface area contributed by atoms with Gasteiger partial charge in [0, 0.05) is 17.7 Å². The fourth-order valence-corrected chi connectivity index (χ4v) is 3.10. The molecule has 6 nitrogen and oxygen atoms in total. The smallest absolute Gasteiger partial charge is 0.386 e. The molecule has 2 aromatic carbocycles. The van der Waals surface area contributed by atoms with Gasteiger partial charge < -0.3 is 9.47 Å². The van der Waals surface area contributed by atoms with E-state index in [9.17, 15) is 32.5 Å². The van der Waals surface area contributed by atoms with Gasteiger partial charge in [0.2, 0.25) is 5.78 Å². The number of rotatable bonds is 3. The van der Waals surface area contributed by atoms with Gasteiger partial charge in [-0.2, -0.15) is 8.78 Å². The minimum Gasteiger partial charge on any atom is -0.442 e. The van der Waals surface area contributed by atoms with E-state index >= 15 is 0 Å². The lowest BCUT2D eigenvalue weighted by Crippen LogP contribution is -2.65. The zero-order chi connectivity index (χ0) is 20.3. The Morgan fingerprint density at radius 3 is 2.43 bits per heavy atom. The van der Waals surface area contributed by atoms with E-state index in [-0.39, 0.29) is 11.3 Å². The van der Waals surface area contributed by atoms with Crippen LogP contribution in [-0.2, 0) is 0 Å². The first-order chi connectivity index (χ1) is 13.2. The highest BCUT2D eigenvalue weighted by Gasteiger charge is 2.71. The number of Topliss-reactive ketones (excluding diaryl/α,β-unsaturated/α-hetero) is 1. The zero-order valence-electron chi connectivity index (χ0n) is 13.7. The maximum absolute atomic E-state index is 14.6. The van der Waals surface area contributed by atoms with Gasteiger partial charge in [0.05, 0.1) is 16.1 Å². The monoisotopic (exact) mass is 395 g/mol. The van der Waals surface area contributed by atoms with E-state index in [4.69, 9.17) is 9.47 Å². The topological polar surface area (TPSA) is 78.7 Å². The zero-order valence-corrected chi connectivity index (χ0v) is 13.7. The molecule has 0 amide bonds. The van der Waals surface area contributed by atoms with Crippen molar-refractivity contribution in [3.05, 3.63) is 69.3 Å². The molecule has 0 saturated heterocycles. The molecule has 2 aliphatic rings. The van der Waals surface area contributed by atoms with E-state index in [2.05, 4.69) is 0 Å². The second kappa shape index (κ2) is 5.78. The van der Waals surface area contributed by atoms with Gasteiger partial charge >= 0.3 is 18.1 Å². The average Bonchev–Trinajstić information content (AvgIpc) is 2.66. The lowest BCUT2D eigenvalue weighted by molar-refractivity contribution is -0.385. The van der Waals surface area contributed by atoms with E-state index in [0.29, 0.717) is 0 Å². The summed E-state index contributed by atoms with van der Waals surface area (Å²) in [7, 11) is 0. The van der Waals surface area contributed by atoms with Gasteiger partial charge in [-0.15, -0.1) is 0 Å². The van der Waals surface area contributed by atoms with Crippen molar-refractivity contribution in [2.45, 2.75) is 18.1 Å². The summed E-state index contributed by atoms with van der Waals surface area (Å²) in [5.74, 6) is -10.1. The lowest BCUT2D eigenvalue weighted by Gasteiger charge is -2.44. The molecular weight excluding hydrogens is 386 g/mol. The number of carbonyl (C=O) groups excluding carboxylic acids is 1. The van der Waals surface area contributed by atoms with Gasteiger partial charge in [0.1, 0.15) is 11.5 Å². The van der Waals surface area contributed by atoms with Crippen molar-refractivity contribution >= 4 is 17.5 Å². The molecule has 0 radical (unpaired) electrons. The normalized spacial score (nSPS) is 20.3. The van der Waals surface area contributed by atoms with Crippen molar-refractivity contribution in [3.8, 4) is 11.5 Å². The van der Waals surface area contributed by atoms with Crippen molar-refractivity contribution in [3.63, 3.8) is 0 Å². The fraction of sp³-hybridized carbons (Fsp3) is 0.167. The molecule has 144 valence electrons. The molecule has 2 aromatic rings. The number of nitro groups is 1. The van der Waals surface area contributed by atoms with Crippen LogP contribution in [0.15, 0.2) is 48.0 Å².